The van der Waals surface area contributed by atoms with Crippen LogP contribution in [0.1, 0.15) is 18.1 Å². The largest absolute Gasteiger partial charge is 0.497 e. The quantitative estimate of drug-likeness (QED) is 0.688. The van der Waals surface area contributed by atoms with Crippen molar-refractivity contribution < 1.29 is 14.3 Å². The Morgan fingerprint density at radius 1 is 1.15 bits per heavy atom. The molecule has 140 valence electrons. The molecule has 2 aromatic rings. The van der Waals surface area contributed by atoms with Gasteiger partial charge in [0.25, 0.3) is 0 Å². The zero-order valence-corrected chi connectivity index (χ0v) is 16.8. The number of carbonyl (C=O) groups is 1. The smallest absolute Gasteiger partial charge is 0.232 e. The maximum atomic E-state index is 12.3. The van der Waals surface area contributed by atoms with Crippen LogP contribution in [0, 0.1) is 0 Å². The summed E-state index contributed by atoms with van der Waals surface area (Å²) in [6, 6.07) is 13.4. The fourth-order valence-corrected chi connectivity index (χ4v) is 3.50. The lowest BCUT2D eigenvalue weighted by molar-refractivity contribution is -0.120. The lowest BCUT2D eigenvalue weighted by atomic mass is 10.1. The molecule has 2 aromatic carbocycles. The van der Waals surface area contributed by atoms with Crippen molar-refractivity contribution in [2.24, 2.45) is 0 Å². The van der Waals surface area contributed by atoms with Crippen molar-refractivity contribution in [3.05, 3.63) is 58.6 Å². The minimum Gasteiger partial charge on any atom is -0.497 e. The molecule has 0 aromatic heterocycles. The molecule has 0 heterocycles. The number of nitrogens with one attached hydrogen (secondary N) is 1. The van der Waals surface area contributed by atoms with Gasteiger partial charge in [0, 0.05) is 22.9 Å². The van der Waals surface area contributed by atoms with Gasteiger partial charge in [-0.25, -0.2) is 0 Å². The van der Waals surface area contributed by atoms with Crippen LogP contribution in [0.25, 0.3) is 0 Å². The molecule has 0 spiro atoms. The summed E-state index contributed by atoms with van der Waals surface area (Å²) < 4.78 is 10.5. The van der Waals surface area contributed by atoms with E-state index in [1.807, 2.05) is 43.3 Å². The van der Waals surface area contributed by atoms with E-state index in [0.29, 0.717) is 17.3 Å². The average molecular weight is 394 g/mol. The summed E-state index contributed by atoms with van der Waals surface area (Å²) in [6.07, 6.45) is 0.787. The van der Waals surface area contributed by atoms with Crippen LogP contribution in [-0.2, 0) is 17.0 Å². The van der Waals surface area contributed by atoms with Crippen molar-refractivity contribution >= 4 is 29.3 Å². The molecule has 0 aliphatic rings. The van der Waals surface area contributed by atoms with Crippen molar-refractivity contribution in [3.8, 4) is 11.5 Å². The Balaban J connectivity index is 1.77. The highest BCUT2D eigenvalue weighted by Gasteiger charge is 2.14. The molecule has 0 aliphatic carbocycles. The van der Waals surface area contributed by atoms with Gasteiger partial charge < -0.3 is 14.8 Å². The van der Waals surface area contributed by atoms with Gasteiger partial charge in [-0.1, -0.05) is 23.7 Å². The van der Waals surface area contributed by atoms with Crippen molar-refractivity contribution in [2.75, 3.05) is 20.8 Å². The fourth-order valence-electron chi connectivity index (χ4n) is 2.42. The van der Waals surface area contributed by atoms with Crippen LogP contribution in [0.5, 0.6) is 11.5 Å². The van der Waals surface area contributed by atoms with Crippen LogP contribution in [0.3, 0.4) is 0 Å². The molecule has 4 nitrogen and oxygen atoms in total. The van der Waals surface area contributed by atoms with Crippen molar-refractivity contribution in [3.63, 3.8) is 0 Å². The summed E-state index contributed by atoms with van der Waals surface area (Å²) in [6.45, 7) is 2.51. The molecule has 26 heavy (non-hydrogen) atoms. The highest BCUT2D eigenvalue weighted by molar-refractivity contribution is 7.99. The van der Waals surface area contributed by atoms with Gasteiger partial charge in [0.15, 0.2) is 0 Å². The van der Waals surface area contributed by atoms with E-state index >= 15 is 0 Å². The number of thioether (sulfide) groups is 1. The van der Waals surface area contributed by atoms with Crippen molar-refractivity contribution in [1.82, 2.24) is 5.32 Å². The minimum absolute atomic E-state index is 0.0320. The van der Waals surface area contributed by atoms with Crippen LogP contribution in [0.2, 0.25) is 5.02 Å². The third-order valence-corrected chi connectivity index (χ3v) is 5.40. The molecule has 0 bridgehead atoms. The second kappa shape index (κ2) is 10.3. The summed E-state index contributed by atoms with van der Waals surface area (Å²) in [7, 11) is 3.28. The molecule has 0 radical (unpaired) electrons. The number of hydrogen-bond donors (Lipinski definition) is 1. The highest BCUT2D eigenvalue weighted by atomic mass is 35.5. The molecule has 1 unspecified atom stereocenters. The molecule has 0 aliphatic heterocycles. The molecule has 1 N–H and O–H groups in total. The maximum Gasteiger partial charge on any atom is 0.232 e. The van der Waals surface area contributed by atoms with Crippen molar-refractivity contribution in [2.45, 2.75) is 24.3 Å². The van der Waals surface area contributed by atoms with E-state index in [9.17, 15) is 4.79 Å². The minimum atomic E-state index is -0.158. The Hall–Kier alpha value is -1.85. The monoisotopic (exact) mass is 393 g/mol. The Kier molecular flexibility index (Phi) is 8.13. The predicted octanol–water partition coefficient (Wildman–Crippen LogP) is 4.34. The van der Waals surface area contributed by atoms with Crippen LogP contribution in [0.15, 0.2) is 42.5 Å². The summed E-state index contributed by atoms with van der Waals surface area (Å²) in [4.78, 5) is 12.3. The standard InChI is InChI=1S/C20H24ClNO3S/c1-14(26-13-16-12-17(21)6-9-19(16)25-3)20(23)22-11-10-15-4-7-18(24-2)8-5-15/h4-9,12,14H,10-11,13H2,1-3H3,(H,22,23). The third-order valence-electron chi connectivity index (χ3n) is 3.97. The van der Waals surface area contributed by atoms with Crippen molar-refractivity contribution in [1.29, 1.82) is 0 Å². The molecule has 1 amide bonds. The SMILES string of the molecule is COc1ccc(CCNC(=O)C(C)SCc2cc(Cl)ccc2OC)cc1. The Labute approximate surface area is 164 Å². The maximum absolute atomic E-state index is 12.3. The van der Waals surface area contributed by atoms with E-state index in [2.05, 4.69) is 5.32 Å². The van der Waals surface area contributed by atoms with Gasteiger partial charge in [0.1, 0.15) is 11.5 Å². The zero-order valence-electron chi connectivity index (χ0n) is 15.3. The van der Waals surface area contributed by atoms with Crippen LogP contribution < -0.4 is 14.8 Å². The number of rotatable bonds is 9. The second-order valence-corrected chi connectivity index (χ2v) is 7.56. The average Bonchev–Trinajstić information content (AvgIpc) is 2.66. The lowest BCUT2D eigenvalue weighted by Gasteiger charge is -2.14. The first-order chi connectivity index (χ1) is 12.5. The summed E-state index contributed by atoms with van der Waals surface area (Å²) in [5.74, 6) is 2.31. The number of benzene rings is 2. The molecular weight excluding hydrogens is 370 g/mol. The fraction of sp³-hybridized carbons (Fsp3) is 0.350. The second-order valence-electron chi connectivity index (χ2n) is 5.80. The Morgan fingerprint density at radius 3 is 2.54 bits per heavy atom. The Bertz CT molecular complexity index is 721. The first-order valence-corrected chi connectivity index (χ1v) is 9.81. The molecule has 0 saturated heterocycles. The van der Waals surface area contributed by atoms with Crippen LogP contribution >= 0.6 is 23.4 Å². The number of halogens is 1. The van der Waals surface area contributed by atoms with Gasteiger partial charge in [-0.3, -0.25) is 4.79 Å². The third kappa shape index (κ3) is 6.15. The molecule has 0 saturated carbocycles. The van der Waals surface area contributed by atoms with Gasteiger partial charge in [-0.15, -0.1) is 11.8 Å². The van der Waals surface area contributed by atoms with Crippen LogP contribution in [-0.4, -0.2) is 31.9 Å². The van der Waals surface area contributed by atoms with Gasteiger partial charge in [0.2, 0.25) is 5.91 Å². The van der Waals surface area contributed by atoms with E-state index in [1.165, 1.54) is 0 Å². The number of amides is 1. The molecule has 6 heteroatoms. The molecule has 2 rings (SSSR count). The molecular formula is C20H24ClNO3S. The predicted molar refractivity (Wildman–Crippen MR) is 108 cm³/mol. The zero-order chi connectivity index (χ0) is 18.9. The topological polar surface area (TPSA) is 47.6 Å². The number of hydrogen-bond acceptors (Lipinski definition) is 4. The number of ether oxygens (including phenoxy) is 2. The first-order valence-electron chi connectivity index (χ1n) is 8.38. The highest BCUT2D eigenvalue weighted by Crippen LogP contribution is 2.28. The lowest BCUT2D eigenvalue weighted by Crippen LogP contribution is -2.32. The summed E-state index contributed by atoms with van der Waals surface area (Å²) in [5, 5.41) is 3.49. The van der Waals surface area contributed by atoms with E-state index in [1.54, 1.807) is 32.0 Å². The number of methoxy groups -OCH3 is 2. The van der Waals surface area contributed by atoms with Gasteiger partial charge in [0.05, 0.1) is 19.5 Å². The van der Waals surface area contributed by atoms with E-state index in [4.69, 9.17) is 21.1 Å². The molecule has 0 fully saturated rings. The summed E-state index contributed by atoms with van der Waals surface area (Å²) in [5.41, 5.74) is 2.15. The summed E-state index contributed by atoms with van der Waals surface area (Å²) >= 11 is 7.61. The van der Waals surface area contributed by atoms with Crippen LogP contribution in [0.4, 0.5) is 0 Å². The van der Waals surface area contributed by atoms with Gasteiger partial charge in [-0.05, 0) is 49.2 Å². The van der Waals surface area contributed by atoms with E-state index in [0.717, 1.165) is 29.0 Å². The van der Waals surface area contributed by atoms with Gasteiger partial charge in [-0.2, -0.15) is 0 Å². The Morgan fingerprint density at radius 2 is 1.88 bits per heavy atom. The first kappa shape index (κ1) is 20.5. The normalized spacial score (nSPS) is 11.7. The molecule has 1 atom stereocenters. The number of carbonyl (C=O) groups excluding carboxylic acids is 1. The van der Waals surface area contributed by atoms with Gasteiger partial charge >= 0.3 is 0 Å². The van der Waals surface area contributed by atoms with E-state index in [-0.39, 0.29) is 11.2 Å². The van der Waals surface area contributed by atoms with E-state index < -0.39 is 0 Å².